The highest BCUT2D eigenvalue weighted by atomic mass is 15.1. The third-order valence-corrected chi connectivity index (χ3v) is 4.15. The smallest absolute Gasteiger partial charge is 0.135 e. The molecule has 0 aliphatic heterocycles. The monoisotopic (exact) mass is 290 g/mol. The molecular formula is C17H30N4. The van der Waals surface area contributed by atoms with Gasteiger partial charge in [0.25, 0.3) is 0 Å². The van der Waals surface area contributed by atoms with E-state index in [-0.39, 0.29) is 0 Å². The van der Waals surface area contributed by atoms with Crippen LogP contribution in [0.1, 0.15) is 71.0 Å². The van der Waals surface area contributed by atoms with Gasteiger partial charge in [0.1, 0.15) is 17.5 Å². The van der Waals surface area contributed by atoms with Gasteiger partial charge < -0.3 is 10.6 Å². The number of rotatable bonds is 8. The van der Waals surface area contributed by atoms with Gasteiger partial charge in [0, 0.05) is 25.1 Å². The van der Waals surface area contributed by atoms with Gasteiger partial charge >= 0.3 is 0 Å². The molecule has 4 heteroatoms. The van der Waals surface area contributed by atoms with Crippen LogP contribution in [0.3, 0.4) is 0 Å². The lowest BCUT2D eigenvalue weighted by molar-refractivity contribution is 0.518. The van der Waals surface area contributed by atoms with Gasteiger partial charge in [-0.3, -0.25) is 0 Å². The van der Waals surface area contributed by atoms with E-state index in [1.165, 1.54) is 32.1 Å². The molecule has 1 fully saturated rings. The van der Waals surface area contributed by atoms with E-state index in [2.05, 4.69) is 41.4 Å². The van der Waals surface area contributed by atoms with E-state index in [0.717, 1.165) is 42.9 Å². The molecule has 0 aromatic carbocycles. The van der Waals surface area contributed by atoms with Gasteiger partial charge in [-0.25, -0.2) is 9.97 Å². The number of anilines is 2. The molecule has 118 valence electrons. The van der Waals surface area contributed by atoms with Crippen LogP contribution in [-0.4, -0.2) is 23.1 Å². The van der Waals surface area contributed by atoms with Crippen molar-refractivity contribution in [2.75, 3.05) is 23.7 Å². The highest BCUT2D eigenvalue weighted by Crippen LogP contribution is 2.27. The minimum absolute atomic E-state index is 0.351. The molecule has 1 aliphatic rings. The zero-order valence-electron chi connectivity index (χ0n) is 13.8. The molecular weight excluding hydrogens is 260 g/mol. The maximum Gasteiger partial charge on any atom is 0.135 e. The van der Waals surface area contributed by atoms with Crippen LogP contribution in [0.4, 0.5) is 11.6 Å². The van der Waals surface area contributed by atoms with Crippen LogP contribution < -0.4 is 10.6 Å². The lowest BCUT2D eigenvalue weighted by Crippen LogP contribution is -2.12. The summed E-state index contributed by atoms with van der Waals surface area (Å²) < 4.78 is 0. The summed E-state index contributed by atoms with van der Waals surface area (Å²) in [5, 5.41) is 6.86. The summed E-state index contributed by atoms with van der Waals surface area (Å²) in [5.74, 6) is 4.09. The minimum Gasteiger partial charge on any atom is -0.370 e. The van der Waals surface area contributed by atoms with Crippen molar-refractivity contribution in [2.45, 2.75) is 65.2 Å². The molecule has 0 saturated heterocycles. The minimum atomic E-state index is 0.351. The Morgan fingerprint density at radius 2 is 1.71 bits per heavy atom. The van der Waals surface area contributed by atoms with Crippen LogP contribution in [0, 0.1) is 5.92 Å². The van der Waals surface area contributed by atoms with E-state index in [4.69, 9.17) is 0 Å². The van der Waals surface area contributed by atoms with Gasteiger partial charge in [0.05, 0.1) is 0 Å². The normalized spacial score (nSPS) is 15.6. The Morgan fingerprint density at radius 1 is 1.10 bits per heavy atom. The first kappa shape index (κ1) is 16.1. The number of hydrogen-bond donors (Lipinski definition) is 2. The molecule has 4 nitrogen and oxygen atoms in total. The fraction of sp³-hybridized carbons (Fsp3) is 0.765. The van der Waals surface area contributed by atoms with Crippen molar-refractivity contribution in [1.29, 1.82) is 0 Å². The van der Waals surface area contributed by atoms with Crippen molar-refractivity contribution >= 4 is 11.6 Å². The van der Waals surface area contributed by atoms with E-state index in [0.29, 0.717) is 5.92 Å². The predicted molar refractivity (Wildman–Crippen MR) is 90.0 cm³/mol. The SMILES string of the molecule is CCCNc1cc(NCCC2CCCC2)nc(C(C)C)n1. The summed E-state index contributed by atoms with van der Waals surface area (Å²) >= 11 is 0. The van der Waals surface area contributed by atoms with E-state index < -0.39 is 0 Å². The maximum atomic E-state index is 4.64. The highest BCUT2D eigenvalue weighted by molar-refractivity contribution is 5.47. The van der Waals surface area contributed by atoms with Crippen LogP contribution in [0.5, 0.6) is 0 Å². The molecule has 1 aromatic heterocycles. The van der Waals surface area contributed by atoms with Crippen molar-refractivity contribution in [3.8, 4) is 0 Å². The van der Waals surface area contributed by atoms with Crippen LogP contribution in [0.2, 0.25) is 0 Å². The quantitative estimate of drug-likeness (QED) is 0.744. The van der Waals surface area contributed by atoms with Gasteiger partial charge in [-0.15, -0.1) is 0 Å². The standard InChI is InChI=1S/C17H30N4/c1-4-10-18-15-12-16(21-17(20-15)13(2)3)19-11-9-14-7-5-6-8-14/h12-14H,4-11H2,1-3H3,(H2,18,19,20,21). The summed E-state index contributed by atoms with van der Waals surface area (Å²) in [7, 11) is 0. The number of hydrogen-bond acceptors (Lipinski definition) is 4. The molecule has 0 amide bonds. The van der Waals surface area contributed by atoms with Crippen molar-refractivity contribution in [2.24, 2.45) is 5.92 Å². The van der Waals surface area contributed by atoms with Crippen LogP contribution in [0.25, 0.3) is 0 Å². The highest BCUT2D eigenvalue weighted by Gasteiger charge is 2.14. The molecule has 0 spiro atoms. The number of aromatic nitrogens is 2. The first-order valence-corrected chi connectivity index (χ1v) is 8.55. The maximum absolute atomic E-state index is 4.64. The lowest BCUT2D eigenvalue weighted by atomic mass is 10.0. The summed E-state index contributed by atoms with van der Waals surface area (Å²) in [6.45, 7) is 8.42. The molecule has 0 radical (unpaired) electrons. The zero-order valence-corrected chi connectivity index (χ0v) is 13.8. The van der Waals surface area contributed by atoms with E-state index in [1.807, 2.05) is 6.07 Å². The third kappa shape index (κ3) is 5.18. The Balaban J connectivity index is 1.93. The first-order valence-electron chi connectivity index (χ1n) is 8.55. The Morgan fingerprint density at radius 3 is 2.29 bits per heavy atom. The van der Waals surface area contributed by atoms with Gasteiger partial charge in [0.2, 0.25) is 0 Å². The molecule has 0 atom stereocenters. The van der Waals surface area contributed by atoms with Crippen LogP contribution in [0.15, 0.2) is 6.07 Å². The first-order chi connectivity index (χ1) is 10.2. The molecule has 1 aliphatic carbocycles. The fourth-order valence-corrected chi connectivity index (χ4v) is 2.86. The van der Waals surface area contributed by atoms with E-state index in [9.17, 15) is 0 Å². The Labute approximate surface area is 129 Å². The fourth-order valence-electron chi connectivity index (χ4n) is 2.86. The predicted octanol–water partition coefficient (Wildman–Crippen LogP) is 4.41. The third-order valence-electron chi connectivity index (χ3n) is 4.15. The summed E-state index contributed by atoms with van der Waals surface area (Å²) in [4.78, 5) is 9.24. The molecule has 1 aromatic rings. The van der Waals surface area contributed by atoms with Gasteiger partial charge in [0.15, 0.2) is 0 Å². The largest absolute Gasteiger partial charge is 0.370 e. The van der Waals surface area contributed by atoms with Gasteiger partial charge in [-0.05, 0) is 18.8 Å². The van der Waals surface area contributed by atoms with Crippen molar-refractivity contribution in [3.05, 3.63) is 11.9 Å². The molecule has 0 unspecified atom stereocenters. The molecule has 1 saturated carbocycles. The molecule has 1 heterocycles. The number of nitrogens with one attached hydrogen (secondary N) is 2. The average molecular weight is 290 g/mol. The second-order valence-corrected chi connectivity index (χ2v) is 6.44. The van der Waals surface area contributed by atoms with Crippen LogP contribution in [-0.2, 0) is 0 Å². The molecule has 21 heavy (non-hydrogen) atoms. The zero-order chi connectivity index (χ0) is 15.1. The molecule has 0 bridgehead atoms. The van der Waals surface area contributed by atoms with E-state index in [1.54, 1.807) is 0 Å². The van der Waals surface area contributed by atoms with Crippen LogP contribution >= 0.6 is 0 Å². The summed E-state index contributed by atoms with van der Waals surface area (Å²) in [5.41, 5.74) is 0. The van der Waals surface area contributed by atoms with Crippen molar-refractivity contribution < 1.29 is 0 Å². The second kappa shape index (κ2) is 8.20. The second-order valence-electron chi connectivity index (χ2n) is 6.44. The number of nitrogens with zero attached hydrogens (tertiary/aromatic N) is 2. The Hall–Kier alpha value is -1.32. The van der Waals surface area contributed by atoms with Crippen molar-refractivity contribution in [1.82, 2.24) is 9.97 Å². The van der Waals surface area contributed by atoms with E-state index >= 15 is 0 Å². The lowest BCUT2D eigenvalue weighted by Gasteiger charge is -2.14. The summed E-state index contributed by atoms with van der Waals surface area (Å²) in [6, 6.07) is 2.04. The van der Waals surface area contributed by atoms with Crippen molar-refractivity contribution in [3.63, 3.8) is 0 Å². The average Bonchev–Trinajstić information content (AvgIpc) is 2.98. The topological polar surface area (TPSA) is 49.8 Å². The Bertz CT molecular complexity index is 425. The molecule has 2 N–H and O–H groups in total. The molecule has 2 rings (SSSR count). The summed E-state index contributed by atoms with van der Waals surface area (Å²) in [6.07, 6.45) is 8.02. The Kier molecular flexibility index (Phi) is 6.27. The van der Waals surface area contributed by atoms with Gasteiger partial charge in [-0.1, -0.05) is 46.5 Å². The van der Waals surface area contributed by atoms with Gasteiger partial charge in [-0.2, -0.15) is 0 Å².